The average molecular weight is 436 g/mol. The summed E-state index contributed by atoms with van der Waals surface area (Å²) in [6.07, 6.45) is 2.99. The molecule has 0 saturated carbocycles. The largest absolute Gasteiger partial charge is 0.493 e. The molecule has 0 unspecified atom stereocenters. The zero-order valence-corrected chi connectivity index (χ0v) is 19.2. The van der Waals surface area contributed by atoms with Crippen LogP contribution in [-0.2, 0) is 0 Å². The van der Waals surface area contributed by atoms with Crippen molar-refractivity contribution in [3.8, 4) is 17.2 Å². The smallest absolute Gasteiger partial charge is 0.326 e. The van der Waals surface area contributed by atoms with Gasteiger partial charge in [0.2, 0.25) is 0 Å². The molecule has 0 aliphatic rings. The average Bonchev–Trinajstić information content (AvgIpc) is 3.30. The van der Waals surface area contributed by atoms with Gasteiger partial charge in [-0.15, -0.1) is 9.67 Å². The van der Waals surface area contributed by atoms with Gasteiger partial charge in [-0.2, -0.15) is 4.40 Å². The number of methoxy groups -OCH3 is 2. The molecule has 0 fully saturated rings. The van der Waals surface area contributed by atoms with Gasteiger partial charge in [0.05, 0.1) is 19.6 Å². The van der Waals surface area contributed by atoms with Gasteiger partial charge in [0.1, 0.15) is 11.2 Å². The predicted octanol–water partition coefficient (Wildman–Crippen LogP) is 3.32. The summed E-state index contributed by atoms with van der Waals surface area (Å²) in [4.78, 5) is 7.32. The lowest BCUT2D eigenvalue weighted by Crippen LogP contribution is -2.29. The Bertz CT molecular complexity index is 1190. The highest BCUT2D eigenvalue weighted by molar-refractivity contribution is 5.92. The summed E-state index contributed by atoms with van der Waals surface area (Å²) in [5, 5.41) is 9.29. The van der Waals surface area contributed by atoms with E-state index in [2.05, 4.69) is 24.1 Å². The van der Waals surface area contributed by atoms with Crippen molar-refractivity contribution in [2.75, 3.05) is 45.7 Å². The fourth-order valence-corrected chi connectivity index (χ4v) is 3.86. The van der Waals surface area contributed by atoms with Crippen LogP contribution in [0.3, 0.4) is 0 Å². The van der Waals surface area contributed by atoms with E-state index in [1.54, 1.807) is 14.2 Å². The first-order valence-electron chi connectivity index (χ1n) is 11.1. The molecule has 8 heteroatoms. The highest BCUT2D eigenvalue weighted by atomic mass is 16.5. The number of hydrogen-bond acceptors (Lipinski definition) is 6. The van der Waals surface area contributed by atoms with Crippen molar-refractivity contribution in [3.05, 3.63) is 48.8 Å². The number of benzene rings is 2. The Morgan fingerprint density at radius 2 is 1.75 bits per heavy atom. The van der Waals surface area contributed by atoms with Crippen molar-refractivity contribution < 1.29 is 13.9 Å². The van der Waals surface area contributed by atoms with E-state index >= 15 is 0 Å². The normalized spacial score (nSPS) is 11.4. The van der Waals surface area contributed by atoms with Crippen LogP contribution in [0.5, 0.6) is 11.5 Å². The molecule has 2 heterocycles. The molecular formula is C24H31N6O2+. The van der Waals surface area contributed by atoms with Crippen LogP contribution < -0.4 is 19.2 Å². The molecule has 0 amide bonds. The van der Waals surface area contributed by atoms with E-state index in [-0.39, 0.29) is 0 Å². The fraction of sp³-hybridized carbons (Fsp3) is 0.375. The number of rotatable bonds is 10. The van der Waals surface area contributed by atoms with Crippen molar-refractivity contribution in [1.82, 2.24) is 19.7 Å². The first-order valence-corrected chi connectivity index (χ1v) is 11.1. The van der Waals surface area contributed by atoms with E-state index in [1.165, 1.54) is 0 Å². The Hall–Kier alpha value is -3.39. The Morgan fingerprint density at radius 3 is 2.44 bits per heavy atom. The molecule has 0 aliphatic carbocycles. The highest BCUT2D eigenvalue weighted by Crippen LogP contribution is 2.32. The van der Waals surface area contributed by atoms with Crippen LogP contribution in [0.1, 0.15) is 20.3 Å². The third-order valence-electron chi connectivity index (χ3n) is 5.70. The van der Waals surface area contributed by atoms with E-state index in [4.69, 9.17) is 19.6 Å². The third kappa shape index (κ3) is 4.31. The van der Waals surface area contributed by atoms with Crippen LogP contribution in [0.4, 0.5) is 5.95 Å². The zero-order valence-electron chi connectivity index (χ0n) is 19.2. The van der Waals surface area contributed by atoms with Gasteiger partial charge in [-0.05, 0) is 42.8 Å². The van der Waals surface area contributed by atoms with Crippen molar-refractivity contribution in [2.24, 2.45) is 0 Å². The maximum absolute atomic E-state index is 5.52. The molecule has 1 N–H and O–H groups in total. The Labute approximate surface area is 188 Å². The second-order valence-electron chi connectivity index (χ2n) is 7.56. The van der Waals surface area contributed by atoms with Crippen LogP contribution in [0.15, 0.2) is 48.8 Å². The number of anilines is 1. The summed E-state index contributed by atoms with van der Waals surface area (Å²) in [6, 6.07) is 13.9. The van der Waals surface area contributed by atoms with Gasteiger partial charge in [0, 0.05) is 19.2 Å². The van der Waals surface area contributed by atoms with Crippen LogP contribution in [0.25, 0.3) is 22.2 Å². The lowest BCUT2D eigenvalue weighted by atomic mass is 10.2. The van der Waals surface area contributed by atoms with Gasteiger partial charge in [0.25, 0.3) is 5.65 Å². The summed E-state index contributed by atoms with van der Waals surface area (Å²) >= 11 is 0. The molecule has 4 rings (SSSR count). The van der Waals surface area contributed by atoms with Crippen LogP contribution >= 0.6 is 0 Å². The van der Waals surface area contributed by atoms with Crippen molar-refractivity contribution >= 4 is 22.5 Å². The van der Waals surface area contributed by atoms with Crippen LogP contribution in [0.2, 0.25) is 0 Å². The third-order valence-corrected chi connectivity index (χ3v) is 5.70. The van der Waals surface area contributed by atoms with E-state index in [1.807, 2.05) is 57.9 Å². The quantitative estimate of drug-likeness (QED) is 0.304. The number of fused-ring (bicyclic) bond motifs is 3. The van der Waals surface area contributed by atoms with Crippen molar-refractivity contribution in [2.45, 2.75) is 20.3 Å². The lowest BCUT2D eigenvalue weighted by Gasteiger charge is -2.17. The molecule has 8 nitrogen and oxygen atoms in total. The zero-order chi connectivity index (χ0) is 22.5. The second kappa shape index (κ2) is 9.82. The minimum absolute atomic E-state index is 0.645. The number of nitrogens with one attached hydrogen (secondary N) is 1. The highest BCUT2D eigenvalue weighted by Gasteiger charge is 2.21. The molecular weight excluding hydrogens is 404 g/mol. The molecule has 2 aromatic heterocycles. The molecule has 4 aromatic rings. The Morgan fingerprint density at radius 1 is 1.03 bits per heavy atom. The Kier molecular flexibility index (Phi) is 6.70. The molecule has 168 valence electrons. The number of ether oxygens (including phenoxy) is 2. The number of para-hydroxylation sites is 1. The fourth-order valence-electron chi connectivity index (χ4n) is 3.86. The molecule has 0 aliphatic heterocycles. The minimum atomic E-state index is 0.645. The van der Waals surface area contributed by atoms with E-state index < -0.39 is 0 Å². The van der Waals surface area contributed by atoms with Gasteiger partial charge < -0.3 is 19.7 Å². The monoisotopic (exact) mass is 435 g/mol. The maximum atomic E-state index is 5.52. The molecule has 0 spiro atoms. The SMILES string of the molecule is CCN(CC)CCCNc1nc2cc(OC)c(OC)cc2c2nn(-c3ccccc3)c[n+]12. The maximum Gasteiger partial charge on any atom is 0.326 e. The number of hydrogen-bond donors (Lipinski definition) is 1. The van der Waals surface area contributed by atoms with E-state index in [0.29, 0.717) is 11.5 Å². The Balaban J connectivity index is 1.77. The number of aromatic nitrogens is 4. The summed E-state index contributed by atoms with van der Waals surface area (Å²) in [5.41, 5.74) is 2.58. The van der Waals surface area contributed by atoms with Crippen molar-refractivity contribution in [3.63, 3.8) is 0 Å². The van der Waals surface area contributed by atoms with Gasteiger partial charge in [-0.25, -0.2) is 0 Å². The predicted molar refractivity (Wildman–Crippen MR) is 126 cm³/mol. The lowest BCUT2D eigenvalue weighted by molar-refractivity contribution is -0.498. The van der Waals surface area contributed by atoms with E-state index in [0.717, 1.165) is 60.8 Å². The van der Waals surface area contributed by atoms with E-state index in [9.17, 15) is 0 Å². The van der Waals surface area contributed by atoms with Gasteiger partial charge >= 0.3 is 5.95 Å². The molecule has 0 saturated heterocycles. The first kappa shape index (κ1) is 21.8. The molecule has 0 bridgehead atoms. The summed E-state index contributed by atoms with van der Waals surface area (Å²) in [7, 11) is 3.27. The summed E-state index contributed by atoms with van der Waals surface area (Å²) in [6.45, 7) is 8.39. The summed E-state index contributed by atoms with van der Waals surface area (Å²) in [5.74, 6) is 2.05. The van der Waals surface area contributed by atoms with Gasteiger partial charge in [-0.3, -0.25) is 0 Å². The first-order chi connectivity index (χ1) is 15.7. The summed E-state index contributed by atoms with van der Waals surface area (Å²) < 4.78 is 14.9. The van der Waals surface area contributed by atoms with Gasteiger partial charge in [-0.1, -0.05) is 32.0 Å². The standard InChI is InChI=1S/C24H31N6O2/c1-5-28(6-2)14-10-13-25-24-26-20-16-22(32-4)21(31-3)15-19(20)23-27-30(17-29(23)24)18-11-8-7-9-12-18/h7-9,11-12,15-17H,5-6,10,13-14H2,1-4H3,(H,25,26)/q+1. The van der Waals surface area contributed by atoms with Crippen molar-refractivity contribution in [1.29, 1.82) is 0 Å². The molecule has 0 atom stereocenters. The molecule has 2 aromatic carbocycles. The van der Waals surface area contributed by atoms with Gasteiger partial charge in [0.15, 0.2) is 17.8 Å². The number of nitrogens with zero attached hydrogens (tertiary/aromatic N) is 5. The molecule has 32 heavy (non-hydrogen) atoms. The van der Waals surface area contributed by atoms with Crippen LogP contribution in [-0.4, -0.2) is 60.1 Å². The van der Waals surface area contributed by atoms with Crippen LogP contribution in [0, 0.1) is 0 Å². The topological polar surface area (TPSA) is 68.5 Å². The second-order valence-corrected chi connectivity index (χ2v) is 7.56. The minimum Gasteiger partial charge on any atom is -0.493 e. The molecule has 0 radical (unpaired) electrons.